The maximum absolute atomic E-state index is 6.14. The summed E-state index contributed by atoms with van der Waals surface area (Å²) >= 11 is 3.52. The van der Waals surface area contributed by atoms with Gasteiger partial charge in [-0.25, -0.2) is 0 Å². The Bertz CT molecular complexity index is 635. The molecule has 0 bridgehead atoms. The molecule has 1 aromatic heterocycles. The van der Waals surface area contributed by atoms with Crippen LogP contribution < -0.4 is 10.1 Å². The molecule has 1 aromatic carbocycles. The number of nitrogens with one attached hydrogen (secondary N) is 1. The second-order valence-corrected chi connectivity index (χ2v) is 6.43. The van der Waals surface area contributed by atoms with Gasteiger partial charge in [0.25, 0.3) is 0 Å². The molecule has 21 heavy (non-hydrogen) atoms. The molecule has 0 amide bonds. The highest BCUT2D eigenvalue weighted by Gasteiger charge is 2.14. The summed E-state index contributed by atoms with van der Waals surface area (Å²) in [6.45, 7) is 9.01. The molecule has 0 saturated heterocycles. The minimum absolute atomic E-state index is 0.429. The van der Waals surface area contributed by atoms with Gasteiger partial charge in [-0.1, -0.05) is 29.8 Å². The van der Waals surface area contributed by atoms with Crippen molar-refractivity contribution < 1.29 is 4.74 Å². The third kappa shape index (κ3) is 3.86. The summed E-state index contributed by atoms with van der Waals surface area (Å²) in [7, 11) is 1.93. The first-order valence-corrected chi connectivity index (χ1v) is 7.87. The normalized spacial score (nSPS) is 11.2. The van der Waals surface area contributed by atoms with Gasteiger partial charge in [0.15, 0.2) is 5.75 Å². The van der Waals surface area contributed by atoms with Gasteiger partial charge in [-0.05, 0) is 32.0 Å². The van der Waals surface area contributed by atoms with E-state index in [2.05, 4.69) is 46.3 Å². The van der Waals surface area contributed by atoms with Crippen LogP contribution in [0.5, 0.6) is 11.5 Å². The van der Waals surface area contributed by atoms with Gasteiger partial charge in [0, 0.05) is 29.7 Å². The van der Waals surface area contributed by atoms with Crippen LogP contribution in [0.3, 0.4) is 0 Å². The third-order valence-corrected chi connectivity index (χ3v) is 3.87. The lowest BCUT2D eigenvalue weighted by Gasteiger charge is -2.14. The van der Waals surface area contributed by atoms with Crippen LogP contribution in [0.15, 0.2) is 22.7 Å². The molecule has 0 fully saturated rings. The Kier molecular flexibility index (Phi) is 5.06. The smallest absolute Gasteiger partial charge is 0.171 e. The fraction of sp³-hybridized carbons (Fsp3) is 0.438. The number of aryl methyl sites for hydroxylation is 2. The molecule has 4 nitrogen and oxygen atoms in total. The third-order valence-electron chi connectivity index (χ3n) is 3.38. The van der Waals surface area contributed by atoms with Crippen molar-refractivity contribution in [2.75, 3.05) is 0 Å². The SMILES string of the molecule is Cc1nn(C)c(C)c1Oc1ccc(Br)cc1CNC(C)C. The Morgan fingerprint density at radius 1 is 1.33 bits per heavy atom. The molecular weight excluding hydrogens is 330 g/mol. The first-order valence-electron chi connectivity index (χ1n) is 7.08. The number of aromatic nitrogens is 2. The topological polar surface area (TPSA) is 39.1 Å². The monoisotopic (exact) mass is 351 g/mol. The molecular formula is C16H22BrN3O. The summed E-state index contributed by atoms with van der Waals surface area (Å²) < 4.78 is 9.03. The van der Waals surface area contributed by atoms with Gasteiger partial charge in [0.05, 0.1) is 5.69 Å². The molecule has 1 N–H and O–H groups in total. The zero-order valence-electron chi connectivity index (χ0n) is 13.2. The molecule has 2 rings (SSSR count). The van der Waals surface area contributed by atoms with Gasteiger partial charge in [0.2, 0.25) is 0 Å². The molecule has 0 aliphatic heterocycles. The fourth-order valence-corrected chi connectivity index (χ4v) is 2.52. The molecule has 1 heterocycles. The van der Waals surface area contributed by atoms with Crippen LogP contribution >= 0.6 is 15.9 Å². The van der Waals surface area contributed by atoms with Gasteiger partial charge in [-0.15, -0.1) is 0 Å². The van der Waals surface area contributed by atoms with E-state index in [0.29, 0.717) is 6.04 Å². The molecule has 5 heteroatoms. The zero-order valence-corrected chi connectivity index (χ0v) is 14.8. The highest BCUT2D eigenvalue weighted by molar-refractivity contribution is 9.10. The van der Waals surface area contributed by atoms with Crippen LogP contribution in [-0.4, -0.2) is 15.8 Å². The van der Waals surface area contributed by atoms with Crippen molar-refractivity contribution in [1.82, 2.24) is 15.1 Å². The van der Waals surface area contributed by atoms with E-state index < -0.39 is 0 Å². The lowest BCUT2D eigenvalue weighted by molar-refractivity contribution is 0.462. The van der Waals surface area contributed by atoms with E-state index in [0.717, 1.165) is 39.5 Å². The number of halogens is 1. The van der Waals surface area contributed by atoms with Crippen molar-refractivity contribution in [1.29, 1.82) is 0 Å². The van der Waals surface area contributed by atoms with E-state index in [1.165, 1.54) is 0 Å². The first kappa shape index (κ1) is 16.0. The van der Waals surface area contributed by atoms with Gasteiger partial charge in [-0.3, -0.25) is 4.68 Å². The molecule has 0 aliphatic rings. The second-order valence-electron chi connectivity index (χ2n) is 5.51. The van der Waals surface area contributed by atoms with Crippen LogP contribution in [0.1, 0.15) is 30.8 Å². The zero-order chi connectivity index (χ0) is 15.6. The molecule has 0 unspecified atom stereocenters. The van der Waals surface area contributed by atoms with Crippen molar-refractivity contribution in [3.05, 3.63) is 39.6 Å². The predicted octanol–water partition coefficient (Wildman–Crippen LogP) is 4.09. The summed E-state index contributed by atoms with van der Waals surface area (Å²) in [6, 6.07) is 6.51. The van der Waals surface area contributed by atoms with E-state index in [9.17, 15) is 0 Å². The highest BCUT2D eigenvalue weighted by atomic mass is 79.9. The molecule has 0 aliphatic carbocycles. The van der Waals surface area contributed by atoms with Gasteiger partial charge < -0.3 is 10.1 Å². The minimum atomic E-state index is 0.429. The molecule has 0 atom stereocenters. The van der Waals surface area contributed by atoms with Gasteiger partial charge in [-0.2, -0.15) is 5.10 Å². The minimum Gasteiger partial charge on any atom is -0.453 e. The summed E-state index contributed by atoms with van der Waals surface area (Å²) in [5.41, 5.74) is 3.06. The average molecular weight is 352 g/mol. The number of hydrogen-bond acceptors (Lipinski definition) is 3. The van der Waals surface area contributed by atoms with Crippen LogP contribution in [0.25, 0.3) is 0 Å². The number of hydrogen-bond donors (Lipinski definition) is 1. The van der Waals surface area contributed by atoms with Gasteiger partial charge in [0.1, 0.15) is 11.4 Å². The number of benzene rings is 1. The largest absolute Gasteiger partial charge is 0.453 e. The van der Waals surface area contributed by atoms with Crippen molar-refractivity contribution in [3.8, 4) is 11.5 Å². The lowest BCUT2D eigenvalue weighted by atomic mass is 10.2. The fourth-order valence-electron chi connectivity index (χ4n) is 2.11. The molecule has 114 valence electrons. The maximum atomic E-state index is 6.14. The summed E-state index contributed by atoms with van der Waals surface area (Å²) in [5.74, 6) is 1.70. The molecule has 0 spiro atoms. The predicted molar refractivity (Wildman–Crippen MR) is 88.9 cm³/mol. The van der Waals surface area contributed by atoms with Crippen LogP contribution in [0.4, 0.5) is 0 Å². The van der Waals surface area contributed by atoms with E-state index in [4.69, 9.17) is 4.74 Å². The Labute approximate surface area is 134 Å². The van der Waals surface area contributed by atoms with Crippen LogP contribution in [-0.2, 0) is 13.6 Å². The molecule has 2 aromatic rings. The Balaban J connectivity index is 2.30. The molecule has 0 radical (unpaired) electrons. The van der Waals surface area contributed by atoms with E-state index >= 15 is 0 Å². The first-order chi connectivity index (χ1) is 9.88. The standard InChI is InChI=1S/C16H22BrN3O/c1-10(2)18-9-13-8-14(17)6-7-15(13)21-16-11(3)19-20(5)12(16)4/h6-8,10,18H,9H2,1-5H3. The van der Waals surface area contributed by atoms with Crippen LogP contribution in [0, 0.1) is 13.8 Å². The Hall–Kier alpha value is -1.33. The van der Waals surface area contributed by atoms with E-state index in [1.54, 1.807) is 0 Å². The van der Waals surface area contributed by atoms with Crippen molar-refractivity contribution in [2.24, 2.45) is 7.05 Å². The Morgan fingerprint density at radius 2 is 2.05 bits per heavy atom. The van der Waals surface area contributed by atoms with Crippen molar-refractivity contribution >= 4 is 15.9 Å². The second kappa shape index (κ2) is 6.62. The maximum Gasteiger partial charge on any atom is 0.171 e. The van der Waals surface area contributed by atoms with Gasteiger partial charge >= 0.3 is 0 Å². The summed E-state index contributed by atoms with van der Waals surface area (Å²) in [4.78, 5) is 0. The summed E-state index contributed by atoms with van der Waals surface area (Å²) in [6.07, 6.45) is 0. The van der Waals surface area contributed by atoms with Crippen molar-refractivity contribution in [3.63, 3.8) is 0 Å². The number of ether oxygens (including phenoxy) is 1. The number of nitrogens with zero attached hydrogens (tertiary/aromatic N) is 2. The van der Waals surface area contributed by atoms with E-state index in [1.807, 2.05) is 37.7 Å². The van der Waals surface area contributed by atoms with Crippen molar-refractivity contribution in [2.45, 2.75) is 40.3 Å². The number of rotatable bonds is 5. The molecule has 0 saturated carbocycles. The quantitative estimate of drug-likeness (QED) is 0.881. The Morgan fingerprint density at radius 3 is 2.62 bits per heavy atom. The highest BCUT2D eigenvalue weighted by Crippen LogP contribution is 2.31. The van der Waals surface area contributed by atoms with Crippen LogP contribution in [0.2, 0.25) is 0 Å². The average Bonchev–Trinajstić information content (AvgIpc) is 2.65. The summed E-state index contributed by atoms with van der Waals surface area (Å²) in [5, 5.41) is 7.82. The lowest BCUT2D eigenvalue weighted by Crippen LogP contribution is -2.22. The van der Waals surface area contributed by atoms with E-state index in [-0.39, 0.29) is 0 Å².